The molecule has 0 amide bonds. The lowest BCUT2D eigenvalue weighted by Gasteiger charge is -2.20. The second-order valence-corrected chi connectivity index (χ2v) is 7.44. The Kier molecular flexibility index (Phi) is 3.40. The van der Waals surface area contributed by atoms with E-state index in [2.05, 4.69) is 28.4 Å². The van der Waals surface area contributed by atoms with Crippen LogP contribution in [0.5, 0.6) is 5.75 Å². The lowest BCUT2D eigenvalue weighted by Crippen LogP contribution is -2.08. The van der Waals surface area contributed by atoms with E-state index >= 15 is 0 Å². The zero-order chi connectivity index (χ0) is 17.8. The number of hydrogen-bond acceptors (Lipinski definition) is 3. The molecule has 2 N–H and O–H groups in total. The van der Waals surface area contributed by atoms with E-state index in [1.54, 1.807) is 12.1 Å². The van der Waals surface area contributed by atoms with Crippen molar-refractivity contribution in [2.75, 3.05) is 0 Å². The van der Waals surface area contributed by atoms with Gasteiger partial charge in [-0.1, -0.05) is 12.1 Å². The zero-order valence-corrected chi connectivity index (χ0v) is 15.4. The van der Waals surface area contributed by atoms with Gasteiger partial charge in [0.15, 0.2) is 10.6 Å². The van der Waals surface area contributed by atoms with Crippen LogP contribution in [0.3, 0.4) is 0 Å². The van der Waals surface area contributed by atoms with Gasteiger partial charge >= 0.3 is 0 Å². The molecule has 1 heterocycles. The number of nitrogens with zero attached hydrogens (tertiary/aromatic N) is 2. The smallest absolute Gasteiger partial charge is 0.200 e. The van der Waals surface area contributed by atoms with Crippen molar-refractivity contribution in [2.24, 2.45) is 0 Å². The normalized spacial score (nSPS) is 15.0. The minimum atomic E-state index is 0.259. The Labute approximate surface area is 156 Å². The number of H-pyrrole nitrogens is 1. The van der Waals surface area contributed by atoms with Gasteiger partial charge in [0.2, 0.25) is 0 Å². The average Bonchev–Trinajstić information content (AvgIpc) is 3.21. The molecule has 0 saturated heterocycles. The fraction of sp³-hybridized carbons (Fsp3) is 0.238. The predicted octanol–water partition coefficient (Wildman–Crippen LogP) is 4.89. The third-order valence-electron chi connectivity index (χ3n) is 5.51. The first-order valence-electron chi connectivity index (χ1n) is 8.95. The van der Waals surface area contributed by atoms with Crippen LogP contribution >= 0.6 is 12.2 Å². The monoisotopic (exact) mass is 361 g/mol. The van der Waals surface area contributed by atoms with E-state index in [1.807, 2.05) is 17.6 Å². The maximum atomic E-state index is 9.74. The number of rotatable bonds is 2. The summed E-state index contributed by atoms with van der Waals surface area (Å²) >= 11 is 5.59. The molecule has 0 radical (unpaired) electrons. The molecule has 0 aliphatic heterocycles. The van der Waals surface area contributed by atoms with Crippen LogP contribution in [0, 0.1) is 11.7 Å². The van der Waals surface area contributed by atoms with Gasteiger partial charge in [-0.25, -0.2) is 0 Å². The van der Waals surface area contributed by atoms with Crippen LogP contribution in [0.1, 0.15) is 35.1 Å². The molecule has 2 aliphatic carbocycles. The molecule has 26 heavy (non-hydrogen) atoms. The van der Waals surface area contributed by atoms with E-state index in [-0.39, 0.29) is 5.75 Å². The molecule has 0 bridgehead atoms. The fourth-order valence-corrected chi connectivity index (χ4v) is 4.58. The number of aromatic amines is 1. The Balaban J connectivity index is 1.77. The minimum Gasteiger partial charge on any atom is -0.508 e. The number of hydrogen-bond donors (Lipinski definition) is 2. The highest BCUT2D eigenvalue weighted by molar-refractivity contribution is 7.71. The summed E-state index contributed by atoms with van der Waals surface area (Å²) < 4.78 is 2.64. The first-order chi connectivity index (χ1) is 12.6. The van der Waals surface area contributed by atoms with Gasteiger partial charge in [-0.15, -0.1) is 0 Å². The summed E-state index contributed by atoms with van der Waals surface area (Å²) in [6.45, 7) is 1.98. The van der Waals surface area contributed by atoms with Crippen LogP contribution in [-0.4, -0.2) is 19.9 Å². The molecule has 2 aliphatic rings. The van der Waals surface area contributed by atoms with Crippen LogP contribution in [0.15, 0.2) is 36.4 Å². The Hall–Kier alpha value is -2.66. The average molecular weight is 361 g/mol. The van der Waals surface area contributed by atoms with Crippen LogP contribution in [0.2, 0.25) is 0 Å². The third-order valence-corrected chi connectivity index (χ3v) is 5.78. The number of benzene rings is 2. The second kappa shape index (κ2) is 5.68. The van der Waals surface area contributed by atoms with Gasteiger partial charge in [0.25, 0.3) is 0 Å². The maximum absolute atomic E-state index is 9.74. The highest BCUT2D eigenvalue weighted by Crippen LogP contribution is 2.41. The molecule has 0 saturated carbocycles. The summed E-state index contributed by atoms with van der Waals surface area (Å²) in [7, 11) is 0. The highest BCUT2D eigenvalue weighted by Gasteiger charge is 2.26. The number of aryl methyl sites for hydroxylation is 2. The van der Waals surface area contributed by atoms with Crippen molar-refractivity contribution in [3.8, 4) is 22.8 Å². The lowest BCUT2D eigenvalue weighted by molar-refractivity contribution is 0.475. The quantitative estimate of drug-likeness (QED) is 0.639. The molecule has 5 rings (SSSR count). The molecule has 0 fully saturated rings. The molecule has 1 aromatic heterocycles. The summed E-state index contributed by atoms with van der Waals surface area (Å²) in [5, 5.41) is 17.2. The maximum Gasteiger partial charge on any atom is 0.200 e. The molecule has 3 aromatic rings. The van der Waals surface area contributed by atoms with Gasteiger partial charge in [-0.3, -0.25) is 9.67 Å². The fourth-order valence-electron chi connectivity index (χ4n) is 4.35. The van der Waals surface area contributed by atoms with E-state index in [4.69, 9.17) is 12.2 Å². The van der Waals surface area contributed by atoms with Crippen LogP contribution < -0.4 is 0 Å². The van der Waals surface area contributed by atoms with Crippen molar-refractivity contribution < 1.29 is 5.11 Å². The number of aromatic nitrogens is 3. The van der Waals surface area contributed by atoms with Crippen molar-refractivity contribution in [1.82, 2.24) is 14.8 Å². The molecule has 0 unspecified atom stereocenters. The van der Waals surface area contributed by atoms with Crippen LogP contribution in [0.25, 0.3) is 22.6 Å². The van der Waals surface area contributed by atoms with Gasteiger partial charge in [-0.2, -0.15) is 5.10 Å². The third kappa shape index (κ3) is 2.20. The molecule has 5 heteroatoms. The summed E-state index contributed by atoms with van der Waals surface area (Å²) in [5.74, 6) is 1.05. The SMILES string of the molecule is Cc1cc(O)ccc1-c1n[nH]c(=S)n1-c1ccc2c3c1CCC=C3CC2. The Bertz CT molecular complexity index is 1140. The van der Waals surface area contributed by atoms with Gasteiger partial charge < -0.3 is 5.11 Å². The van der Waals surface area contributed by atoms with Crippen LogP contribution in [0.4, 0.5) is 0 Å². The Morgan fingerprint density at radius 1 is 1.15 bits per heavy atom. The largest absolute Gasteiger partial charge is 0.508 e. The Morgan fingerprint density at radius 2 is 2.04 bits per heavy atom. The van der Waals surface area contributed by atoms with Gasteiger partial charge in [0.05, 0.1) is 5.69 Å². The van der Waals surface area contributed by atoms with Gasteiger partial charge in [0, 0.05) is 5.56 Å². The lowest BCUT2D eigenvalue weighted by atomic mass is 9.90. The number of phenolic OH excluding ortho intramolecular Hbond substituents is 1. The topological polar surface area (TPSA) is 53.8 Å². The molecular weight excluding hydrogens is 342 g/mol. The van der Waals surface area contributed by atoms with Gasteiger partial charge in [0.1, 0.15) is 5.75 Å². The van der Waals surface area contributed by atoms with Crippen molar-refractivity contribution in [3.63, 3.8) is 0 Å². The summed E-state index contributed by atoms with van der Waals surface area (Å²) in [5.41, 5.74) is 8.81. The predicted molar refractivity (Wildman–Crippen MR) is 105 cm³/mol. The molecule has 4 nitrogen and oxygen atoms in total. The van der Waals surface area contributed by atoms with Gasteiger partial charge in [-0.05, 0) is 96.9 Å². The summed E-state index contributed by atoms with van der Waals surface area (Å²) in [6, 6.07) is 9.77. The molecule has 2 aromatic carbocycles. The summed E-state index contributed by atoms with van der Waals surface area (Å²) in [6.07, 6.45) is 6.78. The minimum absolute atomic E-state index is 0.259. The number of allylic oxidation sites excluding steroid dienone is 2. The van der Waals surface area contributed by atoms with Crippen molar-refractivity contribution in [2.45, 2.75) is 32.6 Å². The Morgan fingerprint density at radius 3 is 2.88 bits per heavy atom. The number of phenols is 1. The first-order valence-corrected chi connectivity index (χ1v) is 9.36. The second-order valence-electron chi connectivity index (χ2n) is 7.05. The molecule has 0 atom stereocenters. The molecule has 130 valence electrons. The summed E-state index contributed by atoms with van der Waals surface area (Å²) in [4.78, 5) is 0. The van der Waals surface area contributed by atoms with Crippen LogP contribution in [-0.2, 0) is 12.8 Å². The van der Waals surface area contributed by atoms with Crippen molar-refractivity contribution >= 4 is 17.8 Å². The van der Waals surface area contributed by atoms with E-state index in [1.165, 1.54) is 22.3 Å². The van der Waals surface area contributed by atoms with Crippen molar-refractivity contribution in [3.05, 3.63) is 63.4 Å². The number of nitrogens with one attached hydrogen (secondary N) is 1. The van der Waals surface area contributed by atoms with E-state index in [0.717, 1.165) is 48.3 Å². The van der Waals surface area contributed by atoms with Crippen molar-refractivity contribution in [1.29, 1.82) is 0 Å². The zero-order valence-electron chi connectivity index (χ0n) is 14.5. The first kappa shape index (κ1) is 15.6. The van der Waals surface area contributed by atoms with E-state index in [0.29, 0.717) is 4.77 Å². The van der Waals surface area contributed by atoms with E-state index < -0.39 is 0 Å². The number of aromatic hydroxyl groups is 1. The van der Waals surface area contributed by atoms with E-state index in [9.17, 15) is 5.11 Å². The highest BCUT2D eigenvalue weighted by atomic mass is 32.1. The standard InChI is InChI=1S/C21H19N3OS/c1-12-11-15(25)8-9-16(12)20-22-23-21(26)24(20)18-10-7-14-6-5-13-3-2-4-17(18)19(13)14/h3,7-11,25H,2,4-6H2,1H3,(H,23,26). The molecule has 0 spiro atoms. The molecular formula is C21H19N3OS.